The Kier molecular flexibility index (Phi) is 2.54. The van der Waals surface area contributed by atoms with Crippen molar-refractivity contribution in [2.45, 2.75) is 31.7 Å². The molecular weight excluding hydrogens is 290 g/mol. The van der Waals surface area contributed by atoms with Crippen molar-refractivity contribution in [3.05, 3.63) is 78.5 Å². The zero-order valence-corrected chi connectivity index (χ0v) is 14.5. The zero-order chi connectivity index (χ0) is 16.5. The number of aromatic nitrogens is 1. The smallest absolute Gasteiger partial charge is 0.187 e. The summed E-state index contributed by atoms with van der Waals surface area (Å²) in [5.74, 6) is 0.519. The second kappa shape index (κ2) is 4.36. The number of fused-ring (bicyclic) bond motifs is 8. The van der Waals surface area contributed by atoms with Gasteiger partial charge in [0.05, 0.1) is 16.4 Å². The second-order valence-corrected chi connectivity index (χ2v) is 7.68. The standard InChI is InChI=1S/C23H22N/c1-16(2)23-14-13-22(23,3)20-11-7-6-10-19(20)21-18-9-5-4-8-17(18)12-15-24(21)23/h4-16H,1-3H3/q+1. The zero-order valence-electron chi connectivity index (χ0n) is 14.5. The number of nitrogens with zero attached hydrogens (tertiary/aromatic N) is 1. The summed E-state index contributed by atoms with van der Waals surface area (Å²) in [5, 5.41) is 2.65. The van der Waals surface area contributed by atoms with Crippen molar-refractivity contribution < 1.29 is 4.57 Å². The molecule has 0 N–H and O–H groups in total. The molecule has 2 atom stereocenters. The molecule has 118 valence electrons. The van der Waals surface area contributed by atoms with Crippen LogP contribution in [0.25, 0.3) is 22.0 Å². The minimum atomic E-state index is 0.0146. The van der Waals surface area contributed by atoms with E-state index in [4.69, 9.17) is 0 Å². The number of pyridine rings is 1. The average Bonchev–Trinajstić information content (AvgIpc) is 2.59. The van der Waals surface area contributed by atoms with Crippen LogP contribution in [0.3, 0.4) is 0 Å². The summed E-state index contributed by atoms with van der Waals surface area (Å²) in [6, 6.07) is 20.0. The summed E-state index contributed by atoms with van der Waals surface area (Å²) in [4.78, 5) is 0. The Morgan fingerprint density at radius 1 is 0.875 bits per heavy atom. The number of hydrogen-bond acceptors (Lipinski definition) is 0. The maximum atomic E-state index is 2.54. The molecule has 0 bridgehead atoms. The van der Waals surface area contributed by atoms with Gasteiger partial charge in [0.2, 0.25) is 11.2 Å². The van der Waals surface area contributed by atoms with E-state index in [1.54, 1.807) is 0 Å². The lowest BCUT2D eigenvalue weighted by Gasteiger charge is -2.53. The van der Waals surface area contributed by atoms with Gasteiger partial charge in [0.25, 0.3) is 0 Å². The maximum Gasteiger partial charge on any atom is 0.221 e. The van der Waals surface area contributed by atoms with Gasteiger partial charge in [0.1, 0.15) is 0 Å². The van der Waals surface area contributed by atoms with Crippen LogP contribution in [0, 0.1) is 5.92 Å². The van der Waals surface area contributed by atoms with Crippen molar-refractivity contribution in [1.29, 1.82) is 0 Å². The topological polar surface area (TPSA) is 3.88 Å². The van der Waals surface area contributed by atoms with Gasteiger partial charge in [-0.25, -0.2) is 0 Å². The van der Waals surface area contributed by atoms with Crippen LogP contribution < -0.4 is 4.57 Å². The molecule has 1 nitrogen and oxygen atoms in total. The van der Waals surface area contributed by atoms with E-state index in [1.165, 1.54) is 27.6 Å². The third-order valence-electron chi connectivity index (χ3n) is 6.38. The summed E-state index contributed by atoms with van der Waals surface area (Å²) >= 11 is 0. The number of rotatable bonds is 1. The molecule has 1 aromatic heterocycles. The second-order valence-electron chi connectivity index (χ2n) is 7.68. The van der Waals surface area contributed by atoms with Crippen LogP contribution in [0.5, 0.6) is 0 Å². The molecule has 2 unspecified atom stereocenters. The first-order chi connectivity index (χ1) is 11.6. The van der Waals surface area contributed by atoms with Gasteiger partial charge in [-0.3, -0.25) is 0 Å². The van der Waals surface area contributed by atoms with Crippen LogP contribution >= 0.6 is 0 Å². The summed E-state index contributed by atoms with van der Waals surface area (Å²) in [5.41, 5.74) is 4.26. The van der Waals surface area contributed by atoms with Crippen molar-refractivity contribution in [3.8, 4) is 11.3 Å². The fraction of sp³-hybridized carbons (Fsp3) is 0.261. The van der Waals surface area contributed by atoms with Crippen LogP contribution in [-0.2, 0) is 11.0 Å². The van der Waals surface area contributed by atoms with Crippen molar-refractivity contribution in [2.24, 2.45) is 5.92 Å². The highest BCUT2D eigenvalue weighted by Crippen LogP contribution is 2.56. The normalized spacial score (nSPS) is 26.7. The van der Waals surface area contributed by atoms with E-state index in [0.717, 1.165) is 0 Å². The monoisotopic (exact) mass is 312 g/mol. The SMILES string of the molecule is CC(C)C12C=CC1(C)c1ccccc1-c1c3ccccc3cc[n+]12. The molecule has 24 heavy (non-hydrogen) atoms. The molecule has 1 heteroatoms. The lowest BCUT2D eigenvalue weighted by atomic mass is 9.52. The minimum Gasteiger partial charge on any atom is -0.187 e. The molecule has 0 spiro atoms. The molecule has 0 amide bonds. The van der Waals surface area contributed by atoms with E-state index in [1.807, 2.05) is 0 Å². The van der Waals surface area contributed by atoms with Crippen molar-refractivity contribution in [1.82, 2.24) is 0 Å². The van der Waals surface area contributed by atoms with Gasteiger partial charge in [-0.1, -0.05) is 56.3 Å². The summed E-state index contributed by atoms with van der Waals surface area (Å²) in [6.07, 6.45) is 7.12. The average molecular weight is 312 g/mol. The molecule has 2 aromatic carbocycles. The van der Waals surface area contributed by atoms with Gasteiger partial charge in [0.15, 0.2) is 6.20 Å². The Balaban J connectivity index is 2.01. The molecule has 0 radical (unpaired) electrons. The van der Waals surface area contributed by atoms with Gasteiger partial charge in [0, 0.05) is 12.0 Å². The van der Waals surface area contributed by atoms with Gasteiger partial charge in [-0.05, 0) is 36.1 Å². The minimum absolute atomic E-state index is 0.0146. The van der Waals surface area contributed by atoms with Crippen LogP contribution in [0.1, 0.15) is 26.3 Å². The van der Waals surface area contributed by atoms with E-state index >= 15 is 0 Å². The third kappa shape index (κ3) is 1.36. The summed E-state index contributed by atoms with van der Waals surface area (Å²) < 4.78 is 2.54. The molecule has 2 aliphatic rings. The number of allylic oxidation sites excluding steroid dienone is 2. The predicted octanol–water partition coefficient (Wildman–Crippen LogP) is 4.99. The Morgan fingerprint density at radius 2 is 1.62 bits per heavy atom. The Hall–Kier alpha value is -2.41. The van der Waals surface area contributed by atoms with Crippen LogP contribution in [-0.4, -0.2) is 0 Å². The van der Waals surface area contributed by atoms with Crippen LogP contribution in [0.2, 0.25) is 0 Å². The maximum absolute atomic E-state index is 2.54. The molecule has 1 aliphatic carbocycles. The third-order valence-corrected chi connectivity index (χ3v) is 6.38. The van der Waals surface area contributed by atoms with Crippen molar-refractivity contribution in [2.75, 3.05) is 0 Å². The summed E-state index contributed by atoms with van der Waals surface area (Å²) in [6.45, 7) is 7.10. The Morgan fingerprint density at radius 3 is 2.38 bits per heavy atom. The first-order valence-corrected chi connectivity index (χ1v) is 8.84. The molecule has 3 aromatic rings. The van der Waals surface area contributed by atoms with Crippen LogP contribution in [0.15, 0.2) is 72.9 Å². The first-order valence-electron chi connectivity index (χ1n) is 8.84. The number of benzene rings is 2. The van der Waals surface area contributed by atoms with Crippen molar-refractivity contribution in [3.63, 3.8) is 0 Å². The molecule has 0 saturated heterocycles. The lowest BCUT2D eigenvalue weighted by molar-refractivity contribution is -0.764. The predicted molar refractivity (Wildman–Crippen MR) is 98.9 cm³/mol. The molecule has 0 saturated carbocycles. The van der Waals surface area contributed by atoms with Gasteiger partial charge >= 0.3 is 0 Å². The Bertz CT molecular complexity index is 1010. The van der Waals surface area contributed by atoms with E-state index in [9.17, 15) is 0 Å². The van der Waals surface area contributed by atoms with Gasteiger partial charge in [-0.15, -0.1) is 0 Å². The Labute approximate surface area is 143 Å². The molecule has 1 aliphatic heterocycles. The molecule has 2 heterocycles. The van der Waals surface area contributed by atoms with Crippen LogP contribution in [0.4, 0.5) is 0 Å². The molecule has 0 fully saturated rings. The van der Waals surface area contributed by atoms with Gasteiger partial charge in [-0.2, -0.15) is 4.57 Å². The highest BCUT2D eigenvalue weighted by Gasteiger charge is 2.65. The fourth-order valence-corrected chi connectivity index (χ4v) is 5.15. The molecule has 5 rings (SSSR count). The quantitative estimate of drug-likeness (QED) is 0.440. The van der Waals surface area contributed by atoms with E-state index in [2.05, 4.69) is 98.3 Å². The van der Waals surface area contributed by atoms with E-state index in [-0.39, 0.29) is 11.0 Å². The highest BCUT2D eigenvalue weighted by molar-refractivity contribution is 5.94. The molecular formula is C23H22N+. The van der Waals surface area contributed by atoms with Gasteiger partial charge < -0.3 is 0 Å². The van der Waals surface area contributed by atoms with E-state index < -0.39 is 0 Å². The first kappa shape index (κ1) is 14.0. The van der Waals surface area contributed by atoms with Crippen molar-refractivity contribution >= 4 is 10.8 Å². The number of hydrogen-bond donors (Lipinski definition) is 0. The van der Waals surface area contributed by atoms with E-state index in [0.29, 0.717) is 5.92 Å². The lowest BCUT2D eigenvalue weighted by Crippen LogP contribution is -2.74. The fourth-order valence-electron chi connectivity index (χ4n) is 5.15. The summed E-state index contributed by atoms with van der Waals surface area (Å²) in [7, 11) is 0. The largest absolute Gasteiger partial charge is 0.221 e. The highest BCUT2D eigenvalue weighted by atomic mass is 15.1.